The van der Waals surface area contributed by atoms with Gasteiger partial charge >= 0.3 is 5.97 Å². The van der Waals surface area contributed by atoms with Gasteiger partial charge in [-0.3, -0.25) is 14.4 Å². The van der Waals surface area contributed by atoms with Crippen LogP contribution < -0.4 is 11.1 Å². The van der Waals surface area contributed by atoms with Crippen LogP contribution >= 0.6 is 39.3 Å². The number of amides is 2. The van der Waals surface area contributed by atoms with Crippen molar-refractivity contribution < 1.29 is 19.1 Å². The highest BCUT2D eigenvalue weighted by atomic mass is 79.9. The first-order valence-corrected chi connectivity index (χ1v) is 14.2. The number of nitrogens with two attached hydrogens (primary N) is 1. The SMILES string of the molecule is C[C@H](NC(=O)c1ccc(C(=O)N2CCSC2C(N)C(=O)OC(C)(C)C)c(Br)c1)c1nc2ccc(Cl)cc2[nH]1. The molecule has 0 radical (unpaired) electrons. The lowest BCUT2D eigenvalue weighted by Crippen LogP contribution is -2.51. The maximum absolute atomic E-state index is 13.4. The third-order valence-electron chi connectivity index (χ3n) is 5.86. The minimum atomic E-state index is -0.981. The number of hydrogen-bond donors (Lipinski definition) is 3. The van der Waals surface area contributed by atoms with Gasteiger partial charge in [0.25, 0.3) is 11.8 Å². The molecule has 38 heavy (non-hydrogen) atoms. The van der Waals surface area contributed by atoms with Gasteiger partial charge in [0, 0.05) is 27.4 Å². The van der Waals surface area contributed by atoms with Gasteiger partial charge in [0.05, 0.1) is 22.6 Å². The summed E-state index contributed by atoms with van der Waals surface area (Å²) >= 11 is 10.9. The molecular formula is C26H29BrClN5O4S. The highest BCUT2D eigenvalue weighted by molar-refractivity contribution is 9.10. The molecule has 0 bridgehead atoms. The number of aromatic nitrogens is 2. The molecule has 2 amide bonds. The van der Waals surface area contributed by atoms with Crippen LogP contribution in [0, 0.1) is 0 Å². The number of rotatable bonds is 6. The lowest BCUT2D eigenvalue weighted by Gasteiger charge is -2.30. The molecule has 4 N–H and O–H groups in total. The number of nitrogens with one attached hydrogen (secondary N) is 2. The standard InChI is InChI=1S/C26H29BrClN5O4S/c1-13(21-31-18-8-6-15(28)12-19(18)32-21)30-22(34)14-5-7-16(17(27)11-14)23(35)33-9-10-38-24(33)20(29)25(36)37-26(2,3)4/h5-8,11-13,20,24H,9-10,29H2,1-4H3,(H,30,34)(H,31,32)/t13-,20?,24?/m0/s1. The summed E-state index contributed by atoms with van der Waals surface area (Å²) in [5, 5.41) is 2.96. The van der Waals surface area contributed by atoms with Crippen LogP contribution in [-0.4, -0.2) is 62.0 Å². The fourth-order valence-corrected chi connectivity index (χ4v) is 5.99. The maximum atomic E-state index is 13.4. The van der Waals surface area contributed by atoms with Gasteiger partial charge in [-0.25, -0.2) is 4.98 Å². The van der Waals surface area contributed by atoms with Gasteiger partial charge < -0.3 is 25.7 Å². The van der Waals surface area contributed by atoms with Crippen LogP contribution in [0.15, 0.2) is 40.9 Å². The summed E-state index contributed by atoms with van der Waals surface area (Å²) in [6, 6.07) is 8.74. The number of halogens is 2. The van der Waals surface area contributed by atoms with Gasteiger partial charge in [0.15, 0.2) is 0 Å². The van der Waals surface area contributed by atoms with Gasteiger partial charge in [-0.15, -0.1) is 11.8 Å². The average Bonchev–Trinajstić information content (AvgIpc) is 3.49. The van der Waals surface area contributed by atoms with Crippen LogP contribution in [0.2, 0.25) is 5.02 Å². The van der Waals surface area contributed by atoms with E-state index in [0.29, 0.717) is 38.7 Å². The molecule has 1 aliphatic heterocycles. The fraction of sp³-hybridized carbons (Fsp3) is 0.385. The molecule has 0 spiro atoms. The highest BCUT2D eigenvalue weighted by Gasteiger charge is 2.39. The smallest absolute Gasteiger partial charge is 0.326 e. The molecule has 1 aliphatic rings. The molecule has 202 valence electrons. The van der Waals surface area contributed by atoms with Crippen LogP contribution in [-0.2, 0) is 9.53 Å². The predicted molar refractivity (Wildman–Crippen MR) is 152 cm³/mol. The summed E-state index contributed by atoms with van der Waals surface area (Å²) in [5.74, 6) is 0.0869. The zero-order chi connectivity index (χ0) is 27.8. The van der Waals surface area contributed by atoms with Gasteiger partial charge in [-0.1, -0.05) is 11.6 Å². The first kappa shape index (κ1) is 28.4. The number of aromatic amines is 1. The first-order valence-electron chi connectivity index (χ1n) is 12.0. The Labute approximate surface area is 238 Å². The van der Waals surface area contributed by atoms with E-state index in [0.717, 1.165) is 11.0 Å². The summed E-state index contributed by atoms with van der Waals surface area (Å²) < 4.78 is 5.88. The number of carbonyl (C=O) groups excluding carboxylic acids is 3. The number of benzene rings is 2. The average molecular weight is 623 g/mol. The van der Waals surface area contributed by atoms with Crippen LogP contribution in [0.3, 0.4) is 0 Å². The third-order valence-corrected chi connectivity index (χ3v) is 8.06. The Balaban J connectivity index is 1.45. The minimum Gasteiger partial charge on any atom is -0.459 e. The third kappa shape index (κ3) is 6.33. The Morgan fingerprint density at radius 1 is 1.26 bits per heavy atom. The van der Waals surface area contributed by atoms with Crippen molar-refractivity contribution in [2.75, 3.05) is 12.3 Å². The van der Waals surface area contributed by atoms with E-state index in [-0.39, 0.29) is 11.8 Å². The van der Waals surface area contributed by atoms with Gasteiger partial charge in [-0.2, -0.15) is 0 Å². The Morgan fingerprint density at radius 2 is 2.00 bits per heavy atom. The summed E-state index contributed by atoms with van der Waals surface area (Å²) in [7, 11) is 0. The number of H-pyrrole nitrogens is 1. The maximum Gasteiger partial charge on any atom is 0.326 e. The second-order valence-electron chi connectivity index (χ2n) is 9.99. The normalized spacial score (nSPS) is 17.3. The number of imidazole rings is 1. The van der Waals surface area contributed by atoms with E-state index in [1.165, 1.54) is 11.8 Å². The van der Waals surface area contributed by atoms with Crippen molar-refractivity contribution in [3.05, 3.63) is 62.8 Å². The van der Waals surface area contributed by atoms with Crippen molar-refractivity contribution >= 4 is 68.1 Å². The van der Waals surface area contributed by atoms with E-state index < -0.39 is 29.0 Å². The van der Waals surface area contributed by atoms with Crippen LogP contribution in [0.25, 0.3) is 11.0 Å². The summed E-state index contributed by atoms with van der Waals surface area (Å²) in [4.78, 5) is 48.2. The first-order chi connectivity index (χ1) is 17.8. The molecule has 1 aromatic heterocycles. The lowest BCUT2D eigenvalue weighted by atomic mass is 10.1. The molecule has 4 rings (SSSR count). The molecule has 3 atom stereocenters. The van der Waals surface area contributed by atoms with Crippen molar-refractivity contribution in [2.45, 2.75) is 50.8 Å². The molecule has 2 heterocycles. The van der Waals surface area contributed by atoms with E-state index in [4.69, 9.17) is 22.1 Å². The topological polar surface area (TPSA) is 130 Å². The number of ether oxygens (including phenoxy) is 1. The molecule has 12 heteroatoms. The van der Waals surface area contributed by atoms with E-state index in [1.807, 2.05) is 13.0 Å². The van der Waals surface area contributed by atoms with Crippen LogP contribution in [0.4, 0.5) is 0 Å². The number of carbonyl (C=O) groups is 3. The van der Waals surface area contributed by atoms with E-state index in [2.05, 4.69) is 31.2 Å². The van der Waals surface area contributed by atoms with Crippen molar-refractivity contribution in [2.24, 2.45) is 5.73 Å². The molecule has 2 aromatic carbocycles. The van der Waals surface area contributed by atoms with Crippen molar-refractivity contribution in [1.29, 1.82) is 0 Å². The van der Waals surface area contributed by atoms with Gasteiger partial charge in [-0.05, 0) is 80.0 Å². The Kier molecular flexibility index (Phi) is 8.41. The fourth-order valence-electron chi connectivity index (χ4n) is 4.03. The van der Waals surface area contributed by atoms with Crippen molar-refractivity contribution in [3.63, 3.8) is 0 Å². The minimum absolute atomic E-state index is 0.285. The van der Waals surface area contributed by atoms with Crippen molar-refractivity contribution in [3.8, 4) is 0 Å². The lowest BCUT2D eigenvalue weighted by molar-refractivity contribution is -0.157. The van der Waals surface area contributed by atoms with Crippen molar-refractivity contribution in [1.82, 2.24) is 20.2 Å². The summed E-state index contributed by atoms with van der Waals surface area (Å²) in [6.45, 7) is 7.57. The predicted octanol–water partition coefficient (Wildman–Crippen LogP) is 4.65. The number of thioether (sulfide) groups is 1. The Bertz CT molecular complexity index is 1390. The Hall–Kier alpha value is -2.60. The highest BCUT2D eigenvalue weighted by Crippen LogP contribution is 2.31. The van der Waals surface area contributed by atoms with Gasteiger partial charge in [0.2, 0.25) is 0 Å². The number of fused-ring (bicyclic) bond motifs is 1. The second kappa shape index (κ2) is 11.3. The van der Waals surface area contributed by atoms with Crippen LogP contribution in [0.1, 0.15) is 60.3 Å². The number of nitrogens with zero attached hydrogens (tertiary/aromatic N) is 2. The number of esters is 1. The largest absolute Gasteiger partial charge is 0.459 e. The summed E-state index contributed by atoms with van der Waals surface area (Å²) in [5.41, 5.74) is 7.79. The number of hydrogen-bond acceptors (Lipinski definition) is 7. The van der Waals surface area contributed by atoms with E-state index >= 15 is 0 Å². The van der Waals surface area contributed by atoms with Gasteiger partial charge in [0.1, 0.15) is 22.8 Å². The van der Waals surface area contributed by atoms with Crippen LogP contribution in [0.5, 0.6) is 0 Å². The van der Waals surface area contributed by atoms with E-state index in [9.17, 15) is 14.4 Å². The second-order valence-corrected chi connectivity index (χ2v) is 12.5. The molecule has 1 saturated heterocycles. The Morgan fingerprint density at radius 3 is 2.68 bits per heavy atom. The molecule has 0 aliphatic carbocycles. The molecule has 9 nitrogen and oxygen atoms in total. The molecule has 0 saturated carbocycles. The molecule has 1 fully saturated rings. The molecule has 3 aromatic rings. The molecule has 2 unspecified atom stereocenters. The monoisotopic (exact) mass is 621 g/mol. The zero-order valence-electron chi connectivity index (χ0n) is 21.4. The van der Waals surface area contributed by atoms with E-state index in [1.54, 1.807) is 56.0 Å². The molecular weight excluding hydrogens is 594 g/mol. The summed E-state index contributed by atoms with van der Waals surface area (Å²) in [6.07, 6.45) is 0. The zero-order valence-corrected chi connectivity index (χ0v) is 24.5. The quantitative estimate of drug-likeness (QED) is 0.341.